The van der Waals surface area contributed by atoms with E-state index >= 15 is 0 Å². The van der Waals surface area contributed by atoms with Gasteiger partial charge in [0.2, 0.25) is 5.91 Å². The van der Waals surface area contributed by atoms with Crippen LogP contribution >= 0.6 is 11.8 Å². The van der Waals surface area contributed by atoms with Gasteiger partial charge in [-0.1, -0.05) is 18.2 Å². The van der Waals surface area contributed by atoms with Crippen LogP contribution in [-0.2, 0) is 11.3 Å². The fourth-order valence-electron chi connectivity index (χ4n) is 2.34. The van der Waals surface area contributed by atoms with Gasteiger partial charge in [-0.25, -0.2) is 4.39 Å². The van der Waals surface area contributed by atoms with E-state index in [1.165, 1.54) is 22.7 Å². The lowest BCUT2D eigenvalue weighted by atomic mass is 10.2. The normalized spacial score (nSPS) is 12.8. The first-order valence-corrected chi connectivity index (χ1v) is 8.62. The zero-order valence-electron chi connectivity index (χ0n) is 13.3. The largest absolute Gasteiger partial charge is 0.486 e. The van der Waals surface area contributed by atoms with E-state index in [4.69, 9.17) is 9.47 Å². The molecule has 0 N–H and O–H groups in total. The lowest BCUT2D eigenvalue weighted by molar-refractivity contribution is -0.127. The van der Waals surface area contributed by atoms with E-state index in [9.17, 15) is 9.18 Å². The van der Waals surface area contributed by atoms with Gasteiger partial charge in [-0.05, 0) is 24.3 Å². The number of hydrogen-bond donors (Lipinski definition) is 0. The number of amides is 1. The van der Waals surface area contributed by atoms with Crippen LogP contribution in [0.1, 0.15) is 5.56 Å². The Kier molecular flexibility index (Phi) is 5.25. The van der Waals surface area contributed by atoms with Gasteiger partial charge in [-0.3, -0.25) is 4.79 Å². The number of fused-ring (bicyclic) bond motifs is 1. The van der Waals surface area contributed by atoms with Crippen LogP contribution in [0.4, 0.5) is 4.39 Å². The van der Waals surface area contributed by atoms with Crippen molar-refractivity contribution in [2.75, 3.05) is 26.0 Å². The molecular weight excluding hydrogens is 329 g/mol. The quantitative estimate of drug-likeness (QED) is 0.778. The number of rotatable bonds is 5. The highest BCUT2D eigenvalue weighted by Crippen LogP contribution is 2.34. The number of thioether (sulfide) groups is 1. The summed E-state index contributed by atoms with van der Waals surface area (Å²) in [5.41, 5.74) is 0.512. The second kappa shape index (κ2) is 7.57. The third kappa shape index (κ3) is 4.00. The minimum atomic E-state index is -0.295. The van der Waals surface area contributed by atoms with Crippen LogP contribution in [0.25, 0.3) is 0 Å². The molecule has 2 aromatic rings. The van der Waals surface area contributed by atoms with Crippen LogP contribution in [0.2, 0.25) is 0 Å². The maximum absolute atomic E-state index is 13.7. The maximum Gasteiger partial charge on any atom is 0.232 e. The third-order valence-corrected chi connectivity index (χ3v) is 4.65. The molecule has 1 heterocycles. The summed E-state index contributed by atoms with van der Waals surface area (Å²) in [5, 5.41) is 0. The summed E-state index contributed by atoms with van der Waals surface area (Å²) in [6.45, 7) is 1.34. The zero-order valence-corrected chi connectivity index (χ0v) is 14.1. The highest BCUT2D eigenvalue weighted by molar-refractivity contribution is 8.00. The molecule has 0 fully saturated rings. The summed E-state index contributed by atoms with van der Waals surface area (Å²) < 4.78 is 24.7. The molecule has 24 heavy (non-hydrogen) atoms. The van der Waals surface area contributed by atoms with E-state index in [1.807, 2.05) is 18.2 Å². The first-order chi connectivity index (χ1) is 11.6. The molecule has 6 heteroatoms. The summed E-state index contributed by atoms with van der Waals surface area (Å²) in [5.74, 6) is 1.37. The van der Waals surface area contributed by atoms with Crippen molar-refractivity contribution < 1.29 is 18.7 Å². The Hall–Kier alpha value is -2.21. The van der Waals surface area contributed by atoms with Crippen LogP contribution in [0, 0.1) is 5.82 Å². The third-order valence-electron chi connectivity index (χ3n) is 3.67. The molecule has 0 saturated heterocycles. The SMILES string of the molecule is CN(Cc1ccccc1F)C(=O)CSc1ccc2c(c1)OCCO2. The molecule has 1 aliphatic rings. The molecule has 0 spiro atoms. The van der Waals surface area contributed by atoms with E-state index in [2.05, 4.69) is 0 Å². The predicted octanol–water partition coefficient (Wildman–Crippen LogP) is 3.35. The smallest absolute Gasteiger partial charge is 0.232 e. The lowest BCUT2D eigenvalue weighted by Gasteiger charge is -2.19. The molecule has 0 unspecified atom stereocenters. The van der Waals surface area contributed by atoms with Crippen LogP contribution in [0.3, 0.4) is 0 Å². The van der Waals surface area contributed by atoms with E-state index < -0.39 is 0 Å². The fraction of sp³-hybridized carbons (Fsp3) is 0.278. The molecule has 1 aliphatic heterocycles. The van der Waals surface area contributed by atoms with Gasteiger partial charge in [0.15, 0.2) is 11.5 Å². The minimum Gasteiger partial charge on any atom is -0.486 e. The molecule has 0 atom stereocenters. The Labute approximate surface area is 144 Å². The summed E-state index contributed by atoms with van der Waals surface area (Å²) in [6.07, 6.45) is 0. The van der Waals surface area contributed by atoms with Crippen molar-refractivity contribution in [1.82, 2.24) is 4.90 Å². The minimum absolute atomic E-state index is 0.0573. The number of halogens is 1. The molecule has 0 aromatic heterocycles. The standard InChI is InChI=1S/C18H18FNO3S/c1-20(11-13-4-2-3-5-15(13)19)18(21)12-24-14-6-7-16-17(10-14)23-9-8-22-16/h2-7,10H,8-9,11-12H2,1H3. The molecule has 0 radical (unpaired) electrons. The molecule has 0 saturated carbocycles. The molecular formula is C18H18FNO3S. The van der Waals surface area contributed by atoms with Crippen molar-refractivity contribution in [1.29, 1.82) is 0 Å². The lowest BCUT2D eigenvalue weighted by Crippen LogP contribution is -2.28. The highest BCUT2D eigenvalue weighted by Gasteiger charge is 2.15. The Morgan fingerprint density at radius 1 is 1.17 bits per heavy atom. The van der Waals surface area contributed by atoms with E-state index in [0.717, 1.165) is 10.6 Å². The maximum atomic E-state index is 13.7. The van der Waals surface area contributed by atoms with Crippen molar-refractivity contribution in [2.45, 2.75) is 11.4 Å². The number of carbonyl (C=O) groups excluding carboxylic acids is 1. The van der Waals surface area contributed by atoms with Crippen molar-refractivity contribution in [2.24, 2.45) is 0 Å². The molecule has 3 rings (SSSR count). The van der Waals surface area contributed by atoms with Gasteiger partial charge in [0.25, 0.3) is 0 Å². The van der Waals surface area contributed by atoms with E-state index in [0.29, 0.717) is 24.5 Å². The number of nitrogens with zero attached hydrogens (tertiary/aromatic N) is 1. The summed E-state index contributed by atoms with van der Waals surface area (Å²) in [7, 11) is 1.68. The molecule has 1 amide bonds. The van der Waals surface area contributed by atoms with Gasteiger partial charge < -0.3 is 14.4 Å². The van der Waals surface area contributed by atoms with Crippen LogP contribution < -0.4 is 9.47 Å². The molecule has 0 aliphatic carbocycles. The first-order valence-electron chi connectivity index (χ1n) is 7.63. The zero-order chi connectivity index (χ0) is 16.9. The second-order valence-electron chi connectivity index (χ2n) is 5.44. The summed E-state index contributed by atoms with van der Waals surface area (Å²) in [4.78, 5) is 14.7. The fourth-order valence-corrected chi connectivity index (χ4v) is 3.20. The van der Waals surface area contributed by atoms with Gasteiger partial charge in [-0.15, -0.1) is 11.8 Å². The topological polar surface area (TPSA) is 38.8 Å². The molecule has 126 valence electrons. The van der Waals surface area contributed by atoms with Gasteiger partial charge >= 0.3 is 0 Å². The van der Waals surface area contributed by atoms with E-state index in [-0.39, 0.29) is 24.0 Å². The average Bonchev–Trinajstić information content (AvgIpc) is 2.61. The number of hydrogen-bond acceptors (Lipinski definition) is 4. The van der Waals surface area contributed by atoms with Crippen LogP contribution in [0.5, 0.6) is 11.5 Å². The Morgan fingerprint density at radius 3 is 2.71 bits per heavy atom. The van der Waals surface area contributed by atoms with Gasteiger partial charge in [0.05, 0.1) is 5.75 Å². The van der Waals surface area contributed by atoms with Gasteiger partial charge in [0, 0.05) is 24.1 Å². The van der Waals surface area contributed by atoms with Crippen molar-refractivity contribution in [3.63, 3.8) is 0 Å². The number of carbonyl (C=O) groups is 1. The monoisotopic (exact) mass is 347 g/mol. The Morgan fingerprint density at radius 2 is 1.92 bits per heavy atom. The summed E-state index contributed by atoms with van der Waals surface area (Å²) in [6, 6.07) is 12.1. The van der Waals surface area contributed by atoms with E-state index in [1.54, 1.807) is 25.2 Å². The molecule has 0 bridgehead atoms. The van der Waals surface area contributed by atoms with Gasteiger partial charge in [-0.2, -0.15) is 0 Å². The number of benzene rings is 2. The van der Waals surface area contributed by atoms with Crippen LogP contribution in [-0.4, -0.2) is 36.8 Å². The Balaban J connectivity index is 1.56. The van der Waals surface area contributed by atoms with Crippen molar-refractivity contribution in [3.05, 3.63) is 53.8 Å². The highest BCUT2D eigenvalue weighted by atomic mass is 32.2. The molecule has 4 nitrogen and oxygen atoms in total. The summed E-state index contributed by atoms with van der Waals surface area (Å²) >= 11 is 1.42. The first kappa shape index (κ1) is 16.6. The average molecular weight is 347 g/mol. The second-order valence-corrected chi connectivity index (χ2v) is 6.48. The van der Waals surface area contributed by atoms with Crippen LogP contribution in [0.15, 0.2) is 47.4 Å². The van der Waals surface area contributed by atoms with Crippen molar-refractivity contribution >= 4 is 17.7 Å². The number of ether oxygens (including phenoxy) is 2. The van der Waals surface area contributed by atoms with Crippen molar-refractivity contribution in [3.8, 4) is 11.5 Å². The predicted molar refractivity (Wildman–Crippen MR) is 91.0 cm³/mol. The molecule has 2 aromatic carbocycles. The Bertz CT molecular complexity index is 738. The van der Waals surface area contributed by atoms with Gasteiger partial charge in [0.1, 0.15) is 19.0 Å².